The van der Waals surface area contributed by atoms with Crippen molar-refractivity contribution in [1.82, 2.24) is 0 Å². The van der Waals surface area contributed by atoms with Crippen molar-refractivity contribution in [2.45, 2.75) is 6.10 Å². The van der Waals surface area contributed by atoms with E-state index in [1.807, 2.05) is 72.8 Å². The van der Waals surface area contributed by atoms with E-state index >= 15 is 0 Å². The Morgan fingerprint density at radius 3 is 2.31 bits per heavy atom. The number of fused-ring (bicyclic) bond motifs is 3. The molecule has 7 heteroatoms. The van der Waals surface area contributed by atoms with Crippen molar-refractivity contribution in [3.8, 4) is 39.5 Å². The van der Waals surface area contributed by atoms with Crippen LogP contribution >= 0.6 is 0 Å². The van der Waals surface area contributed by atoms with E-state index in [-0.39, 0.29) is 0 Å². The maximum absolute atomic E-state index is 11.9. The van der Waals surface area contributed by atoms with Crippen LogP contribution in [-0.2, 0) is 10.0 Å². The summed E-state index contributed by atoms with van der Waals surface area (Å²) in [6, 6.07) is 27.3. The standard InChI is InChI=1S/C28H25NO5S/c1-32-22-13-10-18(11-14-22)19-6-4-7-20(16-19)28-24-17-21(29-35(3,30)31)12-15-23(24)27-25(33-2)8-5-9-26(27)34-28/h4-17,28-29H,1-3H3. The lowest BCUT2D eigenvalue weighted by Gasteiger charge is -2.31. The molecule has 1 atom stereocenters. The van der Waals surface area contributed by atoms with Crippen LogP contribution in [-0.4, -0.2) is 28.9 Å². The highest BCUT2D eigenvalue weighted by Gasteiger charge is 2.30. The number of anilines is 1. The molecule has 0 saturated carbocycles. The highest BCUT2D eigenvalue weighted by Crippen LogP contribution is 2.49. The Balaban J connectivity index is 1.64. The second-order valence-electron chi connectivity index (χ2n) is 8.36. The van der Waals surface area contributed by atoms with Crippen molar-refractivity contribution in [1.29, 1.82) is 0 Å². The fourth-order valence-electron chi connectivity index (χ4n) is 4.43. The van der Waals surface area contributed by atoms with Crippen LogP contribution in [0.4, 0.5) is 5.69 Å². The second kappa shape index (κ2) is 9.00. The molecule has 0 aliphatic carbocycles. The number of ether oxygens (including phenoxy) is 3. The van der Waals surface area contributed by atoms with Gasteiger partial charge < -0.3 is 14.2 Å². The Labute approximate surface area is 205 Å². The molecule has 178 valence electrons. The zero-order chi connectivity index (χ0) is 24.6. The first-order valence-corrected chi connectivity index (χ1v) is 13.0. The largest absolute Gasteiger partial charge is 0.497 e. The van der Waals surface area contributed by atoms with Gasteiger partial charge in [0.05, 0.1) is 26.0 Å². The van der Waals surface area contributed by atoms with E-state index in [2.05, 4.69) is 10.8 Å². The summed E-state index contributed by atoms with van der Waals surface area (Å²) in [7, 11) is -0.163. The minimum absolute atomic E-state index is 0.441. The van der Waals surface area contributed by atoms with Gasteiger partial charge in [0, 0.05) is 11.3 Å². The van der Waals surface area contributed by atoms with Crippen molar-refractivity contribution in [3.63, 3.8) is 0 Å². The molecule has 0 saturated heterocycles. The number of rotatable bonds is 6. The van der Waals surface area contributed by atoms with Crippen LogP contribution in [0.25, 0.3) is 22.3 Å². The third kappa shape index (κ3) is 4.55. The van der Waals surface area contributed by atoms with Crippen LogP contribution in [0.3, 0.4) is 0 Å². The summed E-state index contributed by atoms with van der Waals surface area (Å²) in [4.78, 5) is 0. The molecule has 1 N–H and O–H groups in total. The summed E-state index contributed by atoms with van der Waals surface area (Å²) in [5, 5.41) is 0. The SMILES string of the molecule is COc1ccc(-c2cccc(C3Oc4cccc(OC)c4-c4ccc(NS(C)(=O)=O)cc43)c2)cc1. The molecule has 0 bridgehead atoms. The van der Waals surface area contributed by atoms with Crippen LogP contribution in [0.2, 0.25) is 0 Å². The van der Waals surface area contributed by atoms with Crippen molar-refractivity contribution >= 4 is 15.7 Å². The summed E-state index contributed by atoms with van der Waals surface area (Å²) in [5.74, 6) is 2.20. The Morgan fingerprint density at radius 2 is 1.60 bits per heavy atom. The summed E-state index contributed by atoms with van der Waals surface area (Å²) in [6.45, 7) is 0. The normalized spacial score (nSPS) is 14.3. The molecule has 4 aromatic carbocycles. The first-order valence-electron chi connectivity index (χ1n) is 11.1. The zero-order valence-corrected chi connectivity index (χ0v) is 20.4. The van der Waals surface area contributed by atoms with Gasteiger partial charge in [-0.15, -0.1) is 0 Å². The molecule has 5 rings (SSSR count). The van der Waals surface area contributed by atoms with Crippen molar-refractivity contribution in [2.24, 2.45) is 0 Å². The highest BCUT2D eigenvalue weighted by molar-refractivity contribution is 7.92. The van der Waals surface area contributed by atoms with Gasteiger partial charge in [-0.2, -0.15) is 0 Å². The average Bonchev–Trinajstić information content (AvgIpc) is 2.87. The molecule has 1 heterocycles. The van der Waals surface area contributed by atoms with Crippen molar-refractivity contribution in [3.05, 3.63) is 96.1 Å². The van der Waals surface area contributed by atoms with Gasteiger partial charge in [-0.3, -0.25) is 4.72 Å². The highest BCUT2D eigenvalue weighted by atomic mass is 32.2. The van der Waals surface area contributed by atoms with Gasteiger partial charge in [-0.1, -0.05) is 42.5 Å². The lowest BCUT2D eigenvalue weighted by atomic mass is 9.88. The molecule has 0 aromatic heterocycles. The van der Waals surface area contributed by atoms with Gasteiger partial charge in [0.2, 0.25) is 10.0 Å². The Bertz CT molecular complexity index is 1500. The molecule has 0 radical (unpaired) electrons. The average molecular weight is 488 g/mol. The smallest absolute Gasteiger partial charge is 0.229 e. The molecule has 35 heavy (non-hydrogen) atoms. The predicted molar refractivity (Wildman–Crippen MR) is 138 cm³/mol. The van der Waals surface area contributed by atoms with Gasteiger partial charge in [-0.05, 0) is 64.7 Å². The number of sulfonamides is 1. The monoisotopic (exact) mass is 487 g/mol. The van der Waals surface area contributed by atoms with Gasteiger partial charge in [0.25, 0.3) is 0 Å². The quantitative estimate of drug-likeness (QED) is 0.367. The van der Waals surface area contributed by atoms with E-state index in [0.29, 0.717) is 17.2 Å². The molecule has 1 unspecified atom stereocenters. The third-order valence-electron chi connectivity index (χ3n) is 5.97. The number of hydrogen-bond acceptors (Lipinski definition) is 5. The Kier molecular flexibility index (Phi) is 5.86. The lowest BCUT2D eigenvalue weighted by Crippen LogP contribution is -2.17. The molecule has 1 aliphatic heterocycles. The molecule has 0 fully saturated rings. The number of hydrogen-bond donors (Lipinski definition) is 1. The molecule has 0 spiro atoms. The van der Waals surface area contributed by atoms with E-state index in [9.17, 15) is 8.42 Å². The maximum Gasteiger partial charge on any atom is 0.229 e. The van der Waals surface area contributed by atoms with Crippen molar-refractivity contribution < 1.29 is 22.6 Å². The van der Waals surface area contributed by atoms with Crippen LogP contribution in [0.15, 0.2) is 84.9 Å². The summed E-state index contributed by atoms with van der Waals surface area (Å²) in [5.41, 5.74) is 6.15. The van der Waals surface area contributed by atoms with Crippen LogP contribution in [0, 0.1) is 0 Å². The van der Waals surface area contributed by atoms with E-state index in [1.165, 1.54) is 0 Å². The van der Waals surface area contributed by atoms with Crippen LogP contribution in [0.5, 0.6) is 17.2 Å². The Morgan fingerprint density at radius 1 is 0.829 bits per heavy atom. The number of benzene rings is 4. The second-order valence-corrected chi connectivity index (χ2v) is 10.1. The summed E-state index contributed by atoms with van der Waals surface area (Å²) >= 11 is 0. The third-order valence-corrected chi connectivity index (χ3v) is 6.58. The van der Waals surface area contributed by atoms with Crippen LogP contribution in [0.1, 0.15) is 17.2 Å². The molecular formula is C28H25NO5S. The molecule has 6 nitrogen and oxygen atoms in total. The van der Waals surface area contributed by atoms with E-state index in [0.717, 1.165) is 45.4 Å². The number of methoxy groups -OCH3 is 2. The lowest BCUT2D eigenvalue weighted by molar-refractivity contribution is 0.242. The molecule has 1 aliphatic rings. The topological polar surface area (TPSA) is 73.9 Å². The van der Waals surface area contributed by atoms with Gasteiger partial charge >= 0.3 is 0 Å². The summed E-state index contributed by atoms with van der Waals surface area (Å²) < 4.78 is 43.8. The molecule has 0 amide bonds. The van der Waals surface area contributed by atoms with E-state index in [1.54, 1.807) is 20.3 Å². The van der Waals surface area contributed by atoms with E-state index in [4.69, 9.17) is 14.2 Å². The van der Waals surface area contributed by atoms with Crippen molar-refractivity contribution in [2.75, 3.05) is 25.2 Å². The fourth-order valence-corrected chi connectivity index (χ4v) is 4.99. The zero-order valence-electron chi connectivity index (χ0n) is 19.6. The van der Waals surface area contributed by atoms with E-state index < -0.39 is 16.1 Å². The first-order chi connectivity index (χ1) is 16.9. The predicted octanol–water partition coefficient (Wildman–Crippen LogP) is 5.89. The minimum atomic E-state index is -3.43. The first kappa shape index (κ1) is 22.8. The molecular weight excluding hydrogens is 462 g/mol. The van der Waals surface area contributed by atoms with Gasteiger partial charge in [0.15, 0.2) is 0 Å². The minimum Gasteiger partial charge on any atom is -0.497 e. The van der Waals surface area contributed by atoms with Gasteiger partial charge in [-0.25, -0.2) is 8.42 Å². The fraction of sp³-hybridized carbons (Fsp3) is 0.143. The Hall–Kier alpha value is -3.97. The van der Waals surface area contributed by atoms with Gasteiger partial charge in [0.1, 0.15) is 23.4 Å². The van der Waals surface area contributed by atoms with Crippen LogP contribution < -0.4 is 18.9 Å². The molecule has 4 aromatic rings. The summed E-state index contributed by atoms with van der Waals surface area (Å²) in [6.07, 6.45) is 0.695. The maximum atomic E-state index is 11.9. The number of nitrogens with one attached hydrogen (secondary N) is 1.